The molecule has 12 heteroatoms. The van der Waals surface area contributed by atoms with E-state index in [0.29, 0.717) is 5.75 Å². The van der Waals surface area contributed by atoms with E-state index < -0.39 is 52.5 Å². The monoisotopic (exact) mass is 450 g/mol. The number of rotatable bonds is 9. The summed E-state index contributed by atoms with van der Waals surface area (Å²) in [7, 11) is -3.63. The van der Waals surface area contributed by atoms with E-state index in [0.717, 1.165) is 0 Å². The van der Waals surface area contributed by atoms with Gasteiger partial charge in [-0.25, -0.2) is 8.98 Å². The summed E-state index contributed by atoms with van der Waals surface area (Å²) >= 11 is 0. The first-order valence-electron chi connectivity index (χ1n) is 9.20. The van der Waals surface area contributed by atoms with Crippen molar-refractivity contribution >= 4 is 16.4 Å². The molecular formula is C18H26O11S. The molecule has 1 heterocycles. The largest absolute Gasteiger partial charge is 0.497 e. The second-order valence-electron chi connectivity index (χ2n) is 6.87. The first-order valence-corrected chi connectivity index (χ1v) is 10.6. The Morgan fingerprint density at radius 1 is 1.17 bits per heavy atom. The highest BCUT2D eigenvalue weighted by atomic mass is 32.3. The quantitative estimate of drug-likeness (QED) is 0.389. The number of carbonyl (C=O) groups is 1. The van der Waals surface area contributed by atoms with Crippen LogP contribution in [0.1, 0.15) is 26.7 Å². The predicted octanol–water partition coefficient (Wildman–Crippen LogP) is 0.600. The smallest absolute Gasteiger partial charge is 0.397 e. The van der Waals surface area contributed by atoms with Crippen LogP contribution in [0.2, 0.25) is 0 Å². The van der Waals surface area contributed by atoms with Crippen LogP contribution in [0.5, 0.6) is 11.5 Å². The minimum atomic E-state index is -5.08. The fourth-order valence-electron chi connectivity index (χ4n) is 3.51. The van der Waals surface area contributed by atoms with Crippen molar-refractivity contribution in [2.45, 2.75) is 56.9 Å². The van der Waals surface area contributed by atoms with Gasteiger partial charge in [0.1, 0.15) is 11.5 Å². The van der Waals surface area contributed by atoms with Gasteiger partial charge in [-0.15, -0.1) is 0 Å². The molecule has 0 radical (unpaired) electrons. The number of hydrogen-bond acceptors (Lipinski definition) is 9. The summed E-state index contributed by atoms with van der Waals surface area (Å²) in [6.45, 7) is 3.15. The van der Waals surface area contributed by atoms with Gasteiger partial charge in [0.25, 0.3) is 0 Å². The fourth-order valence-corrected chi connectivity index (χ4v) is 4.00. The molecule has 2 unspecified atom stereocenters. The van der Waals surface area contributed by atoms with Crippen LogP contribution in [0, 0.1) is 5.92 Å². The Kier molecular flexibility index (Phi) is 7.66. The van der Waals surface area contributed by atoms with Gasteiger partial charge < -0.3 is 29.5 Å². The van der Waals surface area contributed by atoms with E-state index in [1.165, 1.54) is 31.4 Å². The van der Waals surface area contributed by atoms with Crippen LogP contribution >= 0.6 is 0 Å². The highest BCUT2D eigenvalue weighted by molar-refractivity contribution is 7.80. The molecule has 170 valence electrons. The molecule has 30 heavy (non-hydrogen) atoms. The number of carboxylic acid groups (broad SMARTS) is 1. The molecule has 1 aromatic rings. The summed E-state index contributed by atoms with van der Waals surface area (Å²) < 4.78 is 52.4. The van der Waals surface area contributed by atoms with Gasteiger partial charge in [-0.1, -0.05) is 13.8 Å². The number of aliphatic carboxylic acids is 1. The first kappa shape index (κ1) is 24.3. The Bertz CT molecular complexity index is 819. The lowest BCUT2D eigenvalue weighted by molar-refractivity contribution is -0.278. The van der Waals surface area contributed by atoms with Crippen molar-refractivity contribution in [1.29, 1.82) is 0 Å². The molecule has 0 amide bonds. The molecule has 0 spiro atoms. The fraction of sp³-hybridized carbons (Fsp3) is 0.611. The van der Waals surface area contributed by atoms with Crippen LogP contribution in [0.25, 0.3) is 0 Å². The maximum atomic E-state index is 11.8. The van der Waals surface area contributed by atoms with Crippen molar-refractivity contribution < 1.29 is 51.5 Å². The van der Waals surface area contributed by atoms with Gasteiger partial charge in [0.05, 0.1) is 24.7 Å². The van der Waals surface area contributed by atoms with Crippen molar-refractivity contribution in [2.75, 3.05) is 7.11 Å². The standard InChI is InChI=1S/C18H26O11S/c1-4-18(22,5-2)12-13(19)15(29-30(23,24)25)17(28-14(12)16(20)21)27-11-8-6-10(26-3)7-9-11/h6-9,12-15,17,19,22H,4-5H2,1-3H3,(H,20,21)(H,23,24,25)/t12-,13?,14?,15+,17-/m1/s1. The van der Waals surface area contributed by atoms with E-state index in [2.05, 4.69) is 4.18 Å². The summed E-state index contributed by atoms with van der Waals surface area (Å²) in [5, 5.41) is 31.3. The van der Waals surface area contributed by atoms with Crippen LogP contribution in [0.15, 0.2) is 24.3 Å². The molecule has 1 aliphatic rings. The third-order valence-corrected chi connectivity index (χ3v) is 5.68. The van der Waals surface area contributed by atoms with Crippen LogP contribution in [-0.4, -0.2) is 71.6 Å². The van der Waals surface area contributed by atoms with E-state index in [9.17, 15) is 28.5 Å². The van der Waals surface area contributed by atoms with Crippen LogP contribution in [-0.2, 0) is 24.1 Å². The highest BCUT2D eigenvalue weighted by Gasteiger charge is 2.57. The normalized spacial score (nSPS) is 27.5. The van der Waals surface area contributed by atoms with Gasteiger partial charge in [0, 0.05) is 0 Å². The first-order chi connectivity index (χ1) is 14.0. The summed E-state index contributed by atoms with van der Waals surface area (Å²) in [4.78, 5) is 11.8. The summed E-state index contributed by atoms with van der Waals surface area (Å²) in [6.07, 6.45) is -7.11. The van der Waals surface area contributed by atoms with Gasteiger partial charge in [-0.2, -0.15) is 8.42 Å². The van der Waals surface area contributed by atoms with Crippen molar-refractivity contribution in [2.24, 2.45) is 5.92 Å². The molecule has 1 saturated heterocycles. The minimum absolute atomic E-state index is 0.0426. The lowest BCUT2D eigenvalue weighted by atomic mass is 9.73. The van der Waals surface area contributed by atoms with Gasteiger partial charge in [0.2, 0.25) is 6.29 Å². The lowest BCUT2D eigenvalue weighted by Gasteiger charge is -2.47. The van der Waals surface area contributed by atoms with Gasteiger partial charge in [-0.3, -0.25) is 4.55 Å². The Labute approximate surface area is 174 Å². The summed E-state index contributed by atoms with van der Waals surface area (Å²) in [5.41, 5.74) is -1.71. The molecule has 2 rings (SSSR count). The molecule has 1 aliphatic heterocycles. The zero-order chi connectivity index (χ0) is 22.7. The number of aliphatic hydroxyl groups is 2. The van der Waals surface area contributed by atoms with E-state index in [4.69, 9.17) is 18.8 Å². The number of ether oxygens (including phenoxy) is 3. The number of methoxy groups -OCH3 is 1. The summed E-state index contributed by atoms with van der Waals surface area (Å²) in [5.74, 6) is -2.33. The van der Waals surface area contributed by atoms with Crippen molar-refractivity contribution in [3.05, 3.63) is 24.3 Å². The second kappa shape index (κ2) is 9.45. The van der Waals surface area contributed by atoms with Crippen LogP contribution in [0.4, 0.5) is 0 Å². The van der Waals surface area contributed by atoms with E-state index in [-0.39, 0.29) is 18.6 Å². The maximum Gasteiger partial charge on any atom is 0.397 e. The molecule has 11 nitrogen and oxygen atoms in total. The highest BCUT2D eigenvalue weighted by Crippen LogP contribution is 2.40. The van der Waals surface area contributed by atoms with Gasteiger partial charge >= 0.3 is 16.4 Å². The van der Waals surface area contributed by atoms with Crippen LogP contribution in [0.3, 0.4) is 0 Å². The number of benzene rings is 1. The zero-order valence-corrected chi connectivity index (χ0v) is 17.5. The van der Waals surface area contributed by atoms with E-state index in [1.54, 1.807) is 13.8 Å². The van der Waals surface area contributed by atoms with Crippen LogP contribution < -0.4 is 9.47 Å². The Morgan fingerprint density at radius 3 is 2.13 bits per heavy atom. The van der Waals surface area contributed by atoms with Gasteiger partial charge in [-0.05, 0) is 37.1 Å². The van der Waals surface area contributed by atoms with E-state index in [1.807, 2.05) is 0 Å². The SMILES string of the molecule is CCC(O)(CC)[C@H]1C(C(=O)O)O[C@@H](Oc2ccc(OC)cc2)[C@@H](OS(=O)(=O)O)C1O. The van der Waals surface area contributed by atoms with E-state index >= 15 is 0 Å². The maximum absolute atomic E-state index is 11.8. The van der Waals surface area contributed by atoms with Crippen molar-refractivity contribution in [3.63, 3.8) is 0 Å². The number of aliphatic hydroxyl groups excluding tert-OH is 1. The van der Waals surface area contributed by atoms with Gasteiger partial charge in [0.15, 0.2) is 12.2 Å². The molecule has 5 atom stereocenters. The lowest BCUT2D eigenvalue weighted by Crippen LogP contribution is -2.65. The Balaban J connectivity index is 2.45. The topological polar surface area (TPSA) is 169 Å². The Hall–Kier alpha value is -1.96. The van der Waals surface area contributed by atoms with Crippen molar-refractivity contribution in [3.8, 4) is 11.5 Å². The minimum Gasteiger partial charge on any atom is -0.497 e. The molecule has 1 aromatic carbocycles. The zero-order valence-electron chi connectivity index (χ0n) is 16.7. The molecular weight excluding hydrogens is 424 g/mol. The molecule has 0 saturated carbocycles. The number of carboxylic acids is 1. The average Bonchev–Trinajstić information content (AvgIpc) is 2.69. The molecule has 0 aliphatic carbocycles. The summed E-state index contributed by atoms with van der Waals surface area (Å²) in [6, 6.07) is 5.93. The third kappa shape index (κ3) is 5.39. The molecule has 0 bridgehead atoms. The number of hydrogen-bond donors (Lipinski definition) is 4. The molecule has 4 N–H and O–H groups in total. The second-order valence-corrected chi connectivity index (χ2v) is 7.92. The Morgan fingerprint density at radius 2 is 1.70 bits per heavy atom. The predicted molar refractivity (Wildman–Crippen MR) is 101 cm³/mol. The molecule has 0 aromatic heterocycles. The third-order valence-electron chi connectivity index (χ3n) is 5.21. The van der Waals surface area contributed by atoms with Crippen molar-refractivity contribution in [1.82, 2.24) is 0 Å². The molecule has 1 fully saturated rings. The average molecular weight is 450 g/mol.